The van der Waals surface area contributed by atoms with Gasteiger partial charge in [-0.1, -0.05) is 0 Å². The lowest BCUT2D eigenvalue weighted by molar-refractivity contribution is 0.0872. The van der Waals surface area contributed by atoms with Crippen LogP contribution in [0.1, 0.15) is 18.5 Å². The van der Waals surface area contributed by atoms with Crippen molar-refractivity contribution >= 4 is 0 Å². The number of nitriles is 1. The zero-order chi connectivity index (χ0) is 17.0. The zero-order valence-electron chi connectivity index (χ0n) is 14.5. The summed E-state index contributed by atoms with van der Waals surface area (Å²) in [5.74, 6) is 1.84. The summed E-state index contributed by atoms with van der Waals surface area (Å²) in [5.41, 5.74) is 0.810. The number of nitrogens with zero attached hydrogens (tertiary/aromatic N) is 3. The molecule has 1 heterocycles. The molecular formula is C17H25N3O3. The quantitative estimate of drug-likeness (QED) is 0.826. The maximum atomic E-state index is 9.76. The average molecular weight is 319 g/mol. The Kier molecular flexibility index (Phi) is 5.69. The fourth-order valence-corrected chi connectivity index (χ4v) is 2.93. The maximum Gasteiger partial charge on any atom is 0.164 e. The Morgan fingerprint density at radius 1 is 1.09 bits per heavy atom. The van der Waals surface area contributed by atoms with Crippen LogP contribution in [-0.2, 0) is 0 Å². The van der Waals surface area contributed by atoms with Gasteiger partial charge >= 0.3 is 0 Å². The summed E-state index contributed by atoms with van der Waals surface area (Å²) < 4.78 is 16.2. The SMILES string of the molecule is COc1cc(OC)c(C(C#N)N2CCN(C)C(C)C2)cc1OC. The molecule has 0 N–H and O–H groups in total. The molecule has 1 aromatic rings. The number of methoxy groups -OCH3 is 3. The van der Waals surface area contributed by atoms with Crippen LogP contribution in [0.25, 0.3) is 0 Å². The molecule has 0 amide bonds. The Bertz CT molecular complexity index is 585. The van der Waals surface area contributed by atoms with E-state index >= 15 is 0 Å². The average Bonchev–Trinajstić information content (AvgIpc) is 2.58. The van der Waals surface area contributed by atoms with Crippen LogP contribution in [-0.4, -0.2) is 63.9 Å². The normalized spacial score (nSPS) is 20.6. The first kappa shape index (κ1) is 17.4. The molecule has 0 aliphatic carbocycles. The van der Waals surface area contributed by atoms with E-state index in [1.165, 1.54) is 0 Å². The van der Waals surface area contributed by atoms with Crippen LogP contribution in [0.3, 0.4) is 0 Å². The molecule has 6 nitrogen and oxygen atoms in total. The summed E-state index contributed by atoms with van der Waals surface area (Å²) >= 11 is 0. The van der Waals surface area contributed by atoms with Gasteiger partial charge < -0.3 is 19.1 Å². The molecule has 126 valence electrons. The van der Waals surface area contributed by atoms with Crippen molar-refractivity contribution < 1.29 is 14.2 Å². The van der Waals surface area contributed by atoms with Crippen LogP contribution in [0.5, 0.6) is 17.2 Å². The van der Waals surface area contributed by atoms with Gasteiger partial charge in [0.15, 0.2) is 11.5 Å². The number of likely N-dealkylation sites (N-methyl/N-ethyl adjacent to an activating group) is 1. The molecule has 0 aromatic heterocycles. The first-order valence-corrected chi connectivity index (χ1v) is 7.69. The summed E-state index contributed by atoms with van der Waals surface area (Å²) in [7, 11) is 6.89. The third-order valence-corrected chi connectivity index (χ3v) is 4.51. The van der Waals surface area contributed by atoms with Crippen molar-refractivity contribution in [3.63, 3.8) is 0 Å². The number of piperazine rings is 1. The highest BCUT2D eigenvalue weighted by Crippen LogP contribution is 2.39. The van der Waals surface area contributed by atoms with Gasteiger partial charge in [-0.05, 0) is 20.0 Å². The summed E-state index contributed by atoms with van der Waals surface area (Å²) in [4.78, 5) is 4.49. The molecule has 0 saturated carbocycles. The minimum atomic E-state index is -0.374. The highest BCUT2D eigenvalue weighted by molar-refractivity contribution is 5.53. The predicted molar refractivity (Wildman–Crippen MR) is 88.1 cm³/mol. The van der Waals surface area contributed by atoms with Crippen molar-refractivity contribution in [3.8, 4) is 23.3 Å². The smallest absolute Gasteiger partial charge is 0.164 e. The van der Waals surface area contributed by atoms with Crippen molar-refractivity contribution in [2.75, 3.05) is 48.0 Å². The second-order valence-electron chi connectivity index (χ2n) is 5.81. The molecule has 2 rings (SSSR count). The molecule has 1 aliphatic rings. The Balaban J connectivity index is 2.39. The number of rotatable bonds is 5. The van der Waals surface area contributed by atoms with Crippen molar-refractivity contribution in [3.05, 3.63) is 17.7 Å². The number of benzene rings is 1. The van der Waals surface area contributed by atoms with Gasteiger partial charge in [0.05, 0.1) is 27.4 Å². The molecule has 0 spiro atoms. The molecule has 2 atom stereocenters. The summed E-state index contributed by atoms with van der Waals surface area (Å²) in [6, 6.07) is 6.07. The summed E-state index contributed by atoms with van der Waals surface area (Å²) in [6.45, 7) is 4.80. The van der Waals surface area contributed by atoms with Crippen molar-refractivity contribution in [1.82, 2.24) is 9.80 Å². The van der Waals surface area contributed by atoms with Gasteiger partial charge in [0.1, 0.15) is 11.8 Å². The molecule has 1 aromatic carbocycles. The maximum absolute atomic E-state index is 9.76. The fourth-order valence-electron chi connectivity index (χ4n) is 2.93. The van der Waals surface area contributed by atoms with Gasteiger partial charge in [-0.3, -0.25) is 4.90 Å². The number of ether oxygens (including phenoxy) is 3. The third-order valence-electron chi connectivity index (χ3n) is 4.51. The van der Waals surface area contributed by atoms with E-state index in [1.807, 2.05) is 6.07 Å². The monoisotopic (exact) mass is 319 g/mol. The van der Waals surface area contributed by atoms with E-state index < -0.39 is 0 Å². The van der Waals surface area contributed by atoms with Crippen molar-refractivity contribution in [2.45, 2.75) is 19.0 Å². The second kappa shape index (κ2) is 7.53. The van der Waals surface area contributed by atoms with E-state index in [0.29, 0.717) is 23.3 Å². The van der Waals surface area contributed by atoms with Gasteiger partial charge in [-0.15, -0.1) is 0 Å². The van der Waals surface area contributed by atoms with E-state index in [1.54, 1.807) is 27.4 Å². The predicted octanol–water partition coefficient (Wildman–Crippen LogP) is 1.91. The molecule has 2 unspecified atom stereocenters. The Hall–Kier alpha value is -1.97. The zero-order valence-corrected chi connectivity index (χ0v) is 14.5. The van der Waals surface area contributed by atoms with Gasteiger partial charge in [0, 0.05) is 37.3 Å². The largest absolute Gasteiger partial charge is 0.496 e. The fraction of sp³-hybridized carbons (Fsp3) is 0.588. The van der Waals surface area contributed by atoms with Crippen LogP contribution >= 0.6 is 0 Å². The number of hydrogen-bond acceptors (Lipinski definition) is 6. The highest BCUT2D eigenvalue weighted by Gasteiger charge is 2.30. The molecule has 0 bridgehead atoms. The van der Waals surface area contributed by atoms with Crippen molar-refractivity contribution in [1.29, 1.82) is 5.26 Å². The molecule has 23 heavy (non-hydrogen) atoms. The van der Waals surface area contributed by atoms with Crippen LogP contribution in [0.2, 0.25) is 0 Å². The lowest BCUT2D eigenvalue weighted by Gasteiger charge is -2.40. The van der Waals surface area contributed by atoms with Gasteiger partial charge in [0.2, 0.25) is 0 Å². The van der Waals surface area contributed by atoms with Crippen LogP contribution in [0.15, 0.2) is 12.1 Å². The standard InChI is InChI=1S/C17H25N3O3/c1-12-11-20(7-6-19(12)2)14(10-18)13-8-16(22-4)17(23-5)9-15(13)21-3/h8-9,12,14H,6-7,11H2,1-5H3. The Morgan fingerprint density at radius 2 is 1.70 bits per heavy atom. The molecule has 6 heteroatoms. The minimum absolute atomic E-state index is 0.374. The lowest BCUT2D eigenvalue weighted by Crippen LogP contribution is -2.50. The first-order chi connectivity index (χ1) is 11.0. The van der Waals surface area contributed by atoms with Crippen LogP contribution < -0.4 is 14.2 Å². The van der Waals surface area contributed by atoms with Crippen LogP contribution in [0, 0.1) is 11.3 Å². The van der Waals surface area contributed by atoms with Gasteiger partial charge in [-0.2, -0.15) is 5.26 Å². The molecule has 1 saturated heterocycles. The molecular weight excluding hydrogens is 294 g/mol. The first-order valence-electron chi connectivity index (χ1n) is 7.69. The lowest BCUT2D eigenvalue weighted by atomic mass is 10.0. The second-order valence-corrected chi connectivity index (χ2v) is 5.81. The molecule has 1 fully saturated rings. The Morgan fingerprint density at radius 3 is 2.22 bits per heavy atom. The highest BCUT2D eigenvalue weighted by atomic mass is 16.5. The van der Waals surface area contributed by atoms with Crippen LogP contribution in [0.4, 0.5) is 0 Å². The van der Waals surface area contributed by atoms with Crippen molar-refractivity contribution in [2.24, 2.45) is 0 Å². The molecule has 1 aliphatic heterocycles. The van der Waals surface area contributed by atoms with Gasteiger partial charge in [0.25, 0.3) is 0 Å². The van der Waals surface area contributed by atoms with E-state index in [-0.39, 0.29) is 6.04 Å². The number of hydrogen-bond donors (Lipinski definition) is 0. The minimum Gasteiger partial charge on any atom is -0.496 e. The summed E-state index contributed by atoms with van der Waals surface area (Å²) in [6.07, 6.45) is 0. The molecule has 0 radical (unpaired) electrons. The van der Waals surface area contributed by atoms with E-state index in [4.69, 9.17) is 14.2 Å². The van der Waals surface area contributed by atoms with E-state index in [9.17, 15) is 5.26 Å². The summed E-state index contributed by atoms with van der Waals surface area (Å²) in [5, 5.41) is 9.76. The topological polar surface area (TPSA) is 58.0 Å². The van der Waals surface area contributed by atoms with E-state index in [2.05, 4.69) is 29.8 Å². The Labute approximate surface area is 138 Å². The van der Waals surface area contributed by atoms with Gasteiger partial charge in [-0.25, -0.2) is 0 Å². The van der Waals surface area contributed by atoms with E-state index in [0.717, 1.165) is 25.2 Å². The third kappa shape index (κ3) is 3.52.